The van der Waals surface area contributed by atoms with Crippen LogP contribution in [0.1, 0.15) is 27.2 Å². The molecular weight excluding hydrogens is 252 g/mol. The first-order chi connectivity index (χ1) is 8.79. The van der Waals surface area contributed by atoms with Gasteiger partial charge in [0, 0.05) is 0 Å². The second-order valence-corrected chi connectivity index (χ2v) is 5.31. The number of hydrogen-bond acceptors (Lipinski definition) is 4. The highest BCUT2D eigenvalue weighted by Gasteiger charge is 2.36. The van der Waals surface area contributed by atoms with Crippen molar-refractivity contribution < 1.29 is 24.5 Å². The van der Waals surface area contributed by atoms with Gasteiger partial charge in [-0.25, -0.2) is 9.59 Å². The molecule has 1 unspecified atom stereocenters. The Morgan fingerprint density at radius 2 is 2.16 bits per heavy atom. The van der Waals surface area contributed by atoms with Gasteiger partial charge >= 0.3 is 12.0 Å². The molecule has 0 aliphatic carbocycles. The van der Waals surface area contributed by atoms with Crippen LogP contribution in [-0.2, 0) is 9.53 Å². The van der Waals surface area contributed by atoms with Crippen molar-refractivity contribution in [2.24, 2.45) is 0 Å². The first-order valence-corrected chi connectivity index (χ1v) is 6.36. The molecule has 2 atom stereocenters. The van der Waals surface area contributed by atoms with E-state index in [2.05, 4.69) is 5.32 Å². The van der Waals surface area contributed by atoms with Gasteiger partial charge in [0.05, 0.1) is 31.4 Å². The summed E-state index contributed by atoms with van der Waals surface area (Å²) < 4.78 is 5.59. The first kappa shape index (κ1) is 15.7. The number of urea groups is 1. The Labute approximate surface area is 112 Å². The number of morpholine rings is 1. The number of aliphatic carboxylic acids is 1. The molecule has 2 amide bonds. The predicted molar refractivity (Wildman–Crippen MR) is 67.9 cm³/mol. The number of aliphatic hydroxyl groups is 1. The van der Waals surface area contributed by atoms with Gasteiger partial charge in [-0.15, -0.1) is 0 Å². The van der Waals surface area contributed by atoms with E-state index in [1.54, 1.807) is 6.92 Å². The minimum absolute atomic E-state index is 0.177. The molecule has 3 N–H and O–H groups in total. The predicted octanol–water partition coefficient (Wildman–Crippen LogP) is 0.0309. The van der Waals surface area contributed by atoms with Gasteiger partial charge in [-0.2, -0.15) is 0 Å². The number of carboxylic acids is 1. The molecule has 7 nitrogen and oxygen atoms in total. The number of rotatable bonds is 4. The molecule has 7 heteroatoms. The van der Waals surface area contributed by atoms with Crippen LogP contribution in [0.2, 0.25) is 0 Å². The zero-order valence-electron chi connectivity index (χ0n) is 11.5. The fourth-order valence-electron chi connectivity index (χ4n) is 2.12. The molecule has 0 saturated carbocycles. The normalized spacial score (nSPS) is 23.8. The fourth-order valence-corrected chi connectivity index (χ4v) is 2.12. The summed E-state index contributed by atoms with van der Waals surface area (Å²) in [7, 11) is 0. The van der Waals surface area contributed by atoms with Crippen LogP contribution < -0.4 is 5.32 Å². The van der Waals surface area contributed by atoms with Gasteiger partial charge < -0.3 is 25.2 Å². The Balaban J connectivity index is 2.67. The summed E-state index contributed by atoms with van der Waals surface area (Å²) in [5.74, 6) is -1.05. The van der Waals surface area contributed by atoms with Gasteiger partial charge in [0.2, 0.25) is 0 Å². The van der Waals surface area contributed by atoms with Crippen LogP contribution in [0, 0.1) is 0 Å². The summed E-state index contributed by atoms with van der Waals surface area (Å²) in [6.07, 6.45) is -0.127. The number of amides is 2. The molecule has 0 spiro atoms. The lowest BCUT2D eigenvalue weighted by Gasteiger charge is -2.42. The van der Waals surface area contributed by atoms with Crippen LogP contribution in [0.25, 0.3) is 0 Å². The summed E-state index contributed by atoms with van der Waals surface area (Å²) >= 11 is 0. The average molecular weight is 274 g/mol. The Hall–Kier alpha value is -1.34. The molecule has 0 aromatic heterocycles. The van der Waals surface area contributed by atoms with E-state index >= 15 is 0 Å². The molecule has 0 aromatic carbocycles. The van der Waals surface area contributed by atoms with Crippen molar-refractivity contribution in [2.75, 3.05) is 19.7 Å². The van der Waals surface area contributed by atoms with Crippen molar-refractivity contribution in [1.82, 2.24) is 10.2 Å². The van der Waals surface area contributed by atoms with E-state index in [9.17, 15) is 9.59 Å². The van der Waals surface area contributed by atoms with Crippen molar-refractivity contribution in [3.63, 3.8) is 0 Å². The number of ether oxygens (including phenoxy) is 1. The number of aliphatic hydroxyl groups excluding tert-OH is 1. The van der Waals surface area contributed by atoms with Gasteiger partial charge in [-0.05, 0) is 20.3 Å². The van der Waals surface area contributed by atoms with E-state index in [4.69, 9.17) is 14.9 Å². The summed E-state index contributed by atoms with van der Waals surface area (Å²) in [5, 5.41) is 20.6. The van der Waals surface area contributed by atoms with E-state index in [0.717, 1.165) is 0 Å². The van der Waals surface area contributed by atoms with Crippen LogP contribution in [0.5, 0.6) is 0 Å². The highest BCUT2D eigenvalue weighted by atomic mass is 16.5. The lowest BCUT2D eigenvalue weighted by Crippen LogP contribution is -2.59. The first-order valence-electron chi connectivity index (χ1n) is 6.36. The summed E-state index contributed by atoms with van der Waals surface area (Å²) in [6.45, 7) is 5.77. The quantitative estimate of drug-likeness (QED) is 0.672. The van der Waals surface area contributed by atoms with E-state index in [1.807, 2.05) is 13.8 Å². The van der Waals surface area contributed by atoms with Gasteiger partial charge in [-0.1, -0.05) is 6.92 Å². The molecule has 1 aliphatic heterocycles. The van der Waals surface area contributed by atoms with Crippen LogP contribution in [0.3, 0.4) is 0 Å². The third-order valence-corrected chi connectivity index (χ3v) is 2.98. The highest BCUT2D eigenvalue weighted by Crippen LogP contribution is 2.20. The SMILES string of the molecule is CC[C@@H](NC(=O)N1CC(CO)OC(C)(C)C1)C(=O)O. The third kappa shape index (κ3) is 4.36. The maximum Gasteiger partial charge on any atom is 0.326 e. The van der Waals surface area contributed by atoms with Crippen molar-refractivity contribution in [1.29, 1.82) is 0 Å². The maximum absolute atomic E-state index is 12.0. The highest BCUT2D eigenvalue weighted by molar-refractivity contribution is 5.82. The minimum Gasteiger partial charge on any atom is -0.480 e. The van der Waals surface area contributed by atoms with E-state index in [-0.39, 0.29) is 13.2 Å². The molecule has 0 aromatic rings. The van der Waals surface area contributed by atoms with Gasteiger partial charge in [-0.3, -0.25) is 0 Å². The Morgan fingerprint density at radius 3 is 2.63 bits per heavy atom. The third-order valence-electron chi connectivity index (χ3n) is 2.98. The second kappa shape index (κ2) is 6.21. The lowest BCUT2D eigenvalue weighted by molar-refractivity contribution is -0.141. The summed E-state index contributed by atoms with van der Waals surface area (Å²) in [5.41, 5.74) is -0.562. The van der Waals surface area contributed by atoms with Crippen LogP contribution >= 0.6 is 0 Å². The molecule has 1 rings (SSSR count). The number of nitrogens with zero attached hydrogens (tertiary/aromatic N) is 1. The van der Waals surface area contributed by atoms with E-state index in [0.29, 0.717) is 13.0 Å². The van der Waals surface area contributed by atoms with Gasteiger partial charge in [0.1, 0.15) is 6.04 Å². The number of hydrogen-bond donors (Lipinski definition) is 3. The molecule has 19 heavy (non-hydrogen) atoms. The van der Waals surface area contributed by atoms with Crippen molar-refractivity contribution >= 4 is 12.0 Å². The van der Waals surface area contributed by atoms with Crippen LogP contribution in [0.4, 0.5) is 4.79 Å². The lowest BCUT2D eigenvalue weighted by atomic mass is 10.1. The molecule has 1 saturated heterocycles. The Kier molecular flexibility index (Phi) is 5.13. The summed E-state index contributed by atoms with van der Waals surface area (Å²) in [6, 6.07) is -1.34. The molecule has 1 aliphatic rings. The Morgan fingerprint density at radius 1 is 1.53 bits per heavy atom. The fraction of sp³-hybridized carbons (Fsp3) is 0.833. The van der Waals surface area contributed by atoms with Gasteiger partial charge in [0.25, 0.3) is 0 Å². The zero-order chi connectivity index (χ0) is 14.6. The smallest absolute Gasteiger partial charge is 0.326 e. The van der Waals surface area contributed by atoms with Crippen molar-refractivity contribution in [3.05, 3.63) is 0 Å². The maximum atomic E-state index is 12.0. The van der Waals surface area contributed by atoms with Crippen molar-refractivity contribution in [3.8, 4) is 0 Å². The van der Waals surface area contributed by atoms with Crippen LogP contribution in [0.15, 0.2) is 0 Å². The molecule has 0 bridgehead atoms. The molecule has 0 radical (unpaired) electrons. The Bertz CT molecular complexity index is 345. The largest absolute Gasteiger partial charge is 0.480 e. The molecule has 1 heterocycles. The van der Waals surface area contributed by atoms with E-state index in [1.165, 1.54) is 4.90 Å². The molecular formula is C12H22N2O5. The molecule has 1 fully saturated rings. The second-order valence-electron chi connectivity index (χ2n) is 5.31. The number of carboxylic acid groups (broad SMARTS) is 1. The minimum atomic E-state index is -1.05. The standard InChI is InChI=1S/C12H22N2O5/c1-4-9(10(16)17)13-11(18)14-5-8(6-15)19-12(2,3)7-14/h8-9,15H,4-7H2,1-3H3,(H,13,18)(H,16,17)/t8?,9-/m1/s1. The monoisotopic (exact) mass is 274 g/mol. The van der Waals surface area contributed by atoms with Crippen LogP contribution in [-0.4, -0.2) is 64.6 Å². The number of nitrogens with one attached hydrogen (secondary N) is 1. The van der Waals surface area contributed by atoms with Gasteiger partial charge in [0.15, 0.2) is 0 Å². The molecule has 110 valence electrons. The number of carbonyl (C=O) groups is 2. The summed E-state index contributed by atoms with van der Waals surface area (Å²) in [4.78, 5) is 24.4. The van der Waals surface area contributed by atoms with E-state index < -0.39 is 29.7 Å². The number of carbonyl (C=O) groups excluding carboxylic acids is 1. The topological polar surface area (TPSA) is 99.1 Å². The van der Waals surface area contributed by atoms with Crippen molar-refractivity contribution in [2.45, 2.75) is 44.9 Å². The average Bonchev–Trinajstić information content (AvgIpc) is 2.33. The zero-order valence-corrected chi connectivity index (χ0v) is 11.5.